The van der Waals surface area contributed by atoms with Gasteiger partial charge in [-0.2, -0.15) is 0 Å². The Hall–Kier alpha value is -2.82. The SMILES string of the molecule is [B]c1ccc2oc3c(=O)[nH]c(-c4ccccc4CC)nc3c2c1. The number of benzene rings is 2. The van der Waals surface area contributed by atoms with Crippen molar-refractivity contribution in [1.82, 2.24) is 9.97 Å². The Labute approximate surface area is 133 Å². The summed E-state index contributed by atoms with van der Waals surface area (Å²) in [4.78, 5) is 19.9. The van der Waals surface area contributed by atoms with Gasteiger partial charge >= 0.3 is 0 Å². The third-order valence-electron chi connectivity index (χ3n) is 4.00. The molecule has 2 aromatic heterocycles. The number of rotatable bonds is 2. The van der Waals surface area contributed by atoms with Gasteiger partial charge in [-0.1, -0.05) is 48.8 Å². The Bertz CT molecular complexity index is 1100. The minimum atomic E-state index is -0.286. The van der Waals surface area contributed by atoms with Gasteiger partial charge in [-0.25, -0.2) is 4.98 Å². The molecule has 0 fully saturated rings. The average Bonchev–Trinajstić information content (AvgIpc) is 2.93. The number of nitrogens with zero attached hydrogens (tertiary/aromatic N) is 1. The topological polar surface area (TPSA) is 58.9 Å². The van der Waals surface area contributed by atoms with Gasteiger partial charge in [-0.05, 0) is 18.1 Å². The van der Waals surface area contributed by atoms with Crippen molar-refractivity contribution < 1.29 is 4.42 Å². The van der Waals surface area contributed by atoms with Crippen LogP contribution in [0.3, 0.4) is 0 Å². The molecule has 0 amide bonds. The molecule has 0 unspecified atom stereocenters. The molecule has 2 aromatic carbocycles. The Morgan fingerprint density at radius 2 is 2.04 bits per heavy atom. The molecule has 4 aromatic rings. The van der Waals surface area contributed by atoms with Gasteiger partial charge < -0.3 is 9.40 Å². The van der Waals surface area contributed by atoms with Gasteiger partial charge in [0.05, 0.1) is 0 Å². The fourth-order valence-corrected chi connectivity index (χ4v) is 2.86. The Kier molecular flexibility index (Phi) is 3.08. The van der Waals surface area contributed by atoms with Crippen LogP contribution in [-0.4, -0.2) is 17.8 Å². The van der Waals surface area contributed by atoms with Crippen molar-refractivity contribution in [2.75, 3.05) is 0 Å². The highest BCUT2D eigenvalue weighted by Gasteiger charge is 2.15. The number of nitrogens with one attached hydrogen (secondary N) is 1. The second-order valence-corrected chi connectivity index (χ2v) is 5.46. The molecule has 0 saturated heterocycles. The molecule has 0 saturated carbocycles. The summed E-state index contributed by atoms with van der Waals surface area (Å²) in [5, 5.41) is 0.751. The van der Waals surface area contributed by atoms with E-state index in [-0.39, 0.29) is 11.1 Å². The summed E-state index contributed by atoms with van der Waals surface area (Å²) in [5.74, 6) is 0.546. The fourth-order valence-electron chi connectivity index (χ4n) is 2.86. The Morgan fingerprint density at radius 3 is 2.87 bits per heavy atom. The molecule has 23 heavy (non-hydrogen) atoms. The van der Waals surface area contributed by atoms with Crippen LogP contribution in [0.5, 0.6) is 0 Å². The van der Waals surface area contributed by atoms with Gasteiger partial charge in [0.1, 0.15) is 24.8 Å². The lowest BCUT2D eigenvalue weighted by atomic mass is 9.95. The van der Waals surface area contributed by atoms with E-state index in [2.05, 4.69) is 16.9 Å². The first-order valence-corrected chi connectivity index (χ1v) is 7.47. The van der Waals surface area contributed by atoms with E-state index < -0.39 is 0 Å². The summed E-state index contributed by atoms with van der Waals surface area (Å²) in [6.07, 6.45) is 0.858. The number of furan rings is 1. The third kappa shape index (κ3) is 2.16. The number of fused-ring (bicyclic) bond motifs is 3. The van der Waals surface area contributed by atoms with Gasteiger partial charge in [0.15, 0.2) is 0 Å². The highest BCUT2D eigenvalue weighted by molar-refractivity contribution is 6.33. The van der Waals surface area contributed by atoms with Gasteiger partial charge in [-0.15, -0.1) is 0 Å². The molecule has 5 heteroatoms. The summed E-state index contributed by atoms with van der Waals surface area (Å²) in [6, 6.07) is 13.2. The first kappa shape index (κ1) is 13.8. The summed E-state index contributed by atoms with van der Waals surface area (Å²) in [7, 11) is 5.85. The number of H-pyrrole nitrogens is 1. The first-order chi connectivity index (χ1) is 11.2. The van der Waals surface area contributed by atoms with Gasteiger partial charge in [0.25, 0.3) is 5.56 Å². The lowest BCUT2D eigenvalue weighted by molar-refractivity contribution is 0.661. The van der Waals surface area contributed by atoms with Crippen LogP contribution in [0.15, 0.2) is 51.7 Å². The Balaban J connectivity index is 2.08. The number of aromatic amines is 1. The molecule has 1 N–H and O–H groups in total. The van der Waals surface area contributed by atoms with Crippen LogP contribution in [-0.2, 0) is 6.42 Å². The zero-order valence-electron chi connectivity index (χ0n) is 12.6. The van der Waals surface area contributed by atoms with Crippen molar-refractivity contribution in [3.05, 3.63) is 58.4 Å². The molecule has 0 spiro atoms. The van der Waals surface area contributed by atoms with E-state index in [9.17, 15) is 4.79 Å². The second kappa shape index (κ2) is 5.12. The molecule has 2 heterocycles. The van der Waals surface area contributed by atoms with Gasteiger partial charge in [0.2, 0.25) is 5.58 Å². The van der Waals surface area contributed by atoms with E-state index >= 15 is 0 Å². The number of hydrogen-bond donors (Lipinski definition) is 1. The Morgan fingerprint density at radius 1 is 1.22 bits per heavy atom. The fraction of sp³-hybridized carbons (Fsp3) is 0.111. The lowest BCUT2D eigenvalue weighted by Crippen LogP contribution is -2.09. The van der Waals surface area contributed by atoms with Gasteiger partial charge in [0, 0.05) is 10.9 Å². The third-order valence-corrected chi connectivity index (χ3v) is 4.00. The quantitative estimate of drug-likeness (QED) is 0.579. The number of aryl methyl sites for hydroxylation is 1. The van der Waals surface area contributed by atoms with Crippen molar-refractivity contribution >= 4 is 35.4 Å². The molecule has 0 aliphatic carbocycles. The van der Waals surface area contributed by atoms with Crippen LogP contribution in [0.25, 0.3) is 33.5 Å². The van der Waals surface area contributed by atoms with Crippen molar-refractivity contribution in [3.8, 4) is 11.4 Å². The van der Waals surface area contributed by atoms with Gasteiger partial charge in [-0.3, -0.25) is 4.79 Å². The standard InChI is InChI=1S/C18H13BN2O2/c1-2-10-5-3-4-6-12(10)17-20-15-13-9-11(19)7-8-14(13)23-16(15)18(22)21-17/h3-9H,2H2,1H3,(H,20,21,22). The molecule has 0 bridgehead atoms. The highest BCUT2D eigenvalue weighted by Crippen LogP contribution is 2.27. The molecule has 0 aliphatic rings. The van der Waals surface area contributed by atoms with Crippen LogP contribution >= 0.6 is 0 Å². The lowest BCUT2D eigenvalue weighted by Gasteiger charge is -2.06. The molecule has 110 valence electrons. The van der Waals surface area contributed by atoms with Crippen molar-refractivity contribution in [2.45, 2.75) is 13.3 Å². The monoisotopic (exact) mass is 300 g/mol. The summed E-state index contributed by atoms with van der Waals surface area (Å²) >= 11 is 0. The number of hydrogen-bond acceptors (Lipinski definition) is 3. The van der Waals surface area contributed by atoms with E-state index in [1.54, 1.807) is 18.2 Å². The van der Waals surface area contributed by atoms with Crippen LogP contribution in [0, 0.1) is 0 Å². The zero-order chi connectivity index (χ0) is 16.0. The maximum atomic E-state index is 12.4. The summed E-state index contributed by atoms with van der Waals surface area (Å²) in [6.45, 7) is 2.07. The maximum absolute atomic E-state index is 12.4. The number of aromatic nitrogens is 2. The summed E-state index contributed by atoms with van der Waals surface area (Å²) < 4.78 is 5.62. The van der Waals surface area contributed by atoms with E-state index in [0.717, 1.165) is 22.9 Å². The molecular formula is C18H13BN2O2. The smallest absolute Gasteiger partial charge is 0.294 e. The minimum Gasteiger partial charge on any atom is -0.449 e. The van der Waals surface area contributed by atoms with Crippen molar-refractivity contribution in [1.29, 1.82) is 0 Å². The molecule has 4 nitrogen and oxygen atoms in total. The highest BCUT2D eigenvalue weighted by atomic mass is 16.3. The first-order valence-electron chi connectivity index (χ1n) is 7.47. The average molecular weight is 300 g/mol. The molecule has 0 aliphatic heterocycles. The largest absolute Gasteiger partial charge is 0.449 e. The predicted molar refractivity (Wildman–Crippen MR) is 92.3 cm³/mol. The predicted octanol–water partition coefficient (Wildman–Crippen LogP) is 2.69. The van der Waals surface area contributed by atoms with E-state index in [1.807, 2.05) is 24.3 Å². The van der Waals surface area contributed by atoms with Crippen LogP contribution < -0.4 is 11.0 Å². The van der Waals surface area contributed by atoms with E-state index in [1.165, 1.54) is 0 Å². The maximum Gasteiger partial charge on any atom is 0.294 e. The normalized spacial score (nSPS) is 11.3. The van der Waals surface area contributed by atoms with E-state index in [0.29, 0.717) is 22.4 Å². The summed E-state index contributed by atoms with van der Waals surface area (Å²) in [5.41, 5.74) is 3.74. The molecule has 0 atom stereocenters. The second-order valence-electron chi connectivity index (χ2n) is 5.46. The molecule has 4 rings (SSSR count). The zero-order valence-corrected chi connectivity index (χ0v) is 12.6. The van der Waals surface area contributed by atoms with Crippen LogP contribution in [0.1, 0.15) is 12.5 Å². The molecule has 2 radical (unpaired) electrons. The van der Waals surface area contributed by atoms with Crippen molar-refractivity contribution in [2.24, 2.45) is 0 Å². The van der Waals surface area contributed by atoms with Crippen molar-refractivity contribution in [3.63, 3.8) is 0 Å². The van der Waals surface area contributed by atoms with E-state index in [4.69, 9.17) is 12.3 Å². The molecular weight excluding hydrogens is 287 g/mol. The minimum absolute atomic E-state index is 0.225. The van der Waals surface area contributed by atoms with Crippen LogP contribution in [0.2, 0.25) is 0 Å². The van der Waals surface area contributed by atoms with Crippen LogP contribution in [0.4, 0.5) is 0 Å².